The maximum Gasteiger partial charge on any atom is 0.133 e. The van der Waals surface area contributed by atoms with E-state index in [4.69, 9.17) is 10.5 Å². The van der Waals surface area contributed by atoms with Crippen molar-refractivity contribution in [3.05, 3.63) is 64.7 Å². The number of fused-ring (bicyclic) bond motifs is 1. The fourth-order valence-electron chi connectivity index (χ4n) is 2.58. The molecule has 2 unspecified atom stereocenters. The standard InChI is InChI=1S/C16H15F2NO/c1-9-6-7-11(17)14(15(9)18)16(19)13-8-10-4-2-3-5-12(10)20-13/h2-7,13,16H,8,19H2,1H3. The smallest absolute Gasteiger partial charge is 0.133 e. The Labute approximate surface area is 116 Å². The van der Waals surface area contributed by atoms with Crippen molar-refractivity contribution in [2.24, 2.45) is 5.73 Å². The zero-order chi connectivity index (χ0) is 14.3. The van der Waals surface area contributed by atoms with Crippen LogP contribution in [-0.4, -0.2) is 6.10 Å². The van der Waals surface area contributed by atoms with Gasteiger partial charge in [-0.15, -0.1) is 0 Å². The van der Waals surface area contributed by atoms with Crippen LogP contribution in [0.5, 0.6) is 5.75 Å². The summed E-state index contributed by atoms with van der Waals surface area (Å²) in [6, 6.07) is 9.36. The van der Waals surface area contributed by atoms with Gasteiger partial charge in [-0.2, -0.15) is 0 Å². The Hall–Kier alpha value is -1.94. The minimum atomic E-state index is -0.831. The summed E-state index contributed by atoms with van der Waals surface area (Å²) < 4.78 is 33.7. The first-order valence-corrected chi connectivity index (χ1v) is 6.52. The number of hydrogen-bond acceptors (Lipinski definition) is 2. The van der Waals surface area contributed by atoms with E-state index in [9.17, 15) is 8.78 Å². The third-order valence-electron chi connectivity index (χ3n) is 3.73. The summed E-state index contributed by atoms with van der Waals surface area (Å²) in [5, 5.41) is 0. The lowest BCUT2D eigenvalue weighted by molar-refractivity contribution is 0.195. The number of halogens is 2. The van der Waals surface area contributed by atoms with Gasteiger partial charge < -0.3 is 10.5 Å². The molecular weight excluding hydrogens is 260 g/mol. The predicted octanol–water partition coefficient (Wildman–Crippen LogP) is 3.28. The SMILES string of the molecule is Cc1ccc(F)c(C(N)C2Cc3ccccc3O2)c1F. The highest BCUT2D eigenvalue weighted by Crippen LogP contribution is 2.34. The molecule has 2 N–H and O–H groups in total. The van der Waals surface area contributed by atoms with Crippen molar-refractivity contribution in [3.8, 4) is 5.75 Å². The molecule has 0 saturated carbocycles. The van der Waals surface area contributed by atoms with E-state index < -0.39 is 23.8 Å². The zero-order valence-electron chi connectivity index (χ0n) is 11.1. The number of rotatable bonds is 2. The van der Waals surface area contributed by atoms with E-state index in [0.29, 0.717) is 12.0 Å². The van der Waals surface area contributed by atoms with Crippen LogP contribution in [0.25, 0.3) is 0 Å². The second-order valence-corrected chi connectivity index (χ2v) is 5.09. The summed E-state index contributed by atoms with van der Waals surface area (Å²) >= 11 is 0. The minimum Gasteiger partial charge on any atom is -0.488 e. The Morgan fingerprint density at radius 1 is 1.20 bits per heavy atom. The van der Waals surface area contributed by atoms with Crippen LogP contribution in [0.1, 0.15) is 22.7 Å². The normalized spacial score (nSPS) is 18.5. The minimum absolute atomic E-state index is 0.0946. The molecule has 0 amide bonds. The molecular formula is C16H15F2NO. The summed E-state index contributed by atoms with van der Waals surface area (Å²) in [6.07, 6.45) is 0.114. The van der Waals surface area contributed by atoms with Crippen LogP contribution in [0.4, 0.5) is 8.78 Å². The van der Waals surface area contributed by atoms with Gasteiger partial charge in [-0.1, -0.05) is 24.3 Å². The Morgan fingerprint density at radius 3 is 2.70 bits per heavy atom. The molecule has 1 aliphatic heterocycles. The Morgan fingerprint density at radius 2 is 1.95 bits per heavy atom. The lowest BCUT2D eigenvalue weighted by Gasteiger charge is -2.21. The molecule has 2 aromatic rings. The van der Waals surface area contributed by atoms with E-state index in [0.717, 1.165) is 11.3 Å². The highest BCUT2D eigenvalue weighted by molar-refractivity contribution is 5.39. The van der Waals surface area contributed by atoms with Crippen LogP contribution >= 0.6 is 0 Å². The number of nitrogens with two attached hydrogens (primary N) is 1. The molecule has 3 rings (SSSR count). The van der Waals surface area contributed by atoms with Gasteiger partial charge in [0, 0.05) is 12.0 Å². The molecule has 20 heavy (non-hydrogen) atoms. The maximum absolute atomic E-state index is 14.1. The largest absolute Gasteiger partial charge is 0.488 e. The molecule has 0 saturated heterocycles. The molecule has 0 fully saturated rings. The number of ether oxygens (including phenoxy) is 1. The van der Waals surface area contributed by atoms with E-state index in [2.05, 4.69) is 0 Å². The van der Waals surface area contributed by atoms with E-state index in [1.165, 1.54) is 12.1 Å². The number of para-hydroxylation sites is 1. The average molecular weight is 275 g/mol. The van der Waals surface area contributed by atoms with Crippen LogP contribution in [0.2, 0.25) is 0 Å². The van der Waals surface area contributed by atoms with Crippen LogP contribution in [0, 0.1) is 18.6 Å². The molecule has 0 bridgehead atoms. The Kier molecular flexibility index (Phi) is 3.18. The van der Waals surface area contributed by atoms with Crippen molar-refractivity contribution in [2.75, 3.05) is 0 Å². The molecule has 0 spiro atoms. The van der Waals surface area contributed by atoms with Gasteiger partial charge in [0.25, 0.3) is 0 Å². The molecule has 1 aliphatic rings. The van der Waals surface area contributed by atoms with Gasteiger partial charge >= 0.3 is 0 Å². The molecule has 0 radical (unpaired) electrons. The van der Waals surface area contributed by atoms with Crippen molar-refractivity contribution in [3.63, 3.8) is 0 Å². The fraction of sp³-hybridized carbons (Fsp3) is 0.250. The van der Waals surface area contributed by atoms with Gasteiger partial charge in [-0.25, -0.2) is 8.78 Å². The highest BCUT2D eigenvalue weighted by Gasteiger charge is 2.32. The fourth-order valence-corrected chi connectivity index (χ4v) is 2.58. The summed E-state index contributed by atoms with van der Waals surface area (Å²) in [5.41, 5.74) is 7.35. The van der Waals surface area contributed by atoms with Crippen molar-refractivity contribution >= 4 is 0 Å². The van der Waals surface area contributed by atoms with Gasteiger partial charge in [0.05, 0.1) is 6.04 Å². The quantitative estimate of drug-likeness (QED) is 0.913. The molecule has 2 atom stereocenters. The second-order valence-electron chi connectivity index (χ2n) is 5.09. The lowest BCUT2D eigenvalue weighted by atomic mass is 9.96. The summed E-state index contributed by atoms with van der Waals surface area (Å²) in [4.78, 5) is 0. The molecule has 2 nitrogen and oxygen atoms in total. The van der Waals surface area contributed by atoms with E-state index in [-0.39, 0.29) is 5.56 Å². The van der Waals surface area contributed by atoms with Gasteiger partial charge in [0.15, 0.2) is 0 Å². The van der Waals surface area contributed by atoms with Gasteiger partial charge in [-0.3, -0.25) is 0 Å². The summed E-state index contributed by atoms with van der Waals surface area (Å²) in [7, 11) is 0. The maximum atomic E-state index is 14.1. The Balaban J connectivity index is 1.92. The van der Waals surface area contributed by atoms with Crippen LogP contribution in [0.15, 0.2) is 36.4 Å². The highest BCUT2D eigenvalue weighted by atomic mass is 19.1. The van der Waals surface area contributed by atoms with Gasteiger partial charge in [-0.05, 0) is 30.2 Å². The third kappa shape index (κ3) is 2.06. The van der Waals surface area contributed by atoms with Crippen LogP contribution in [0.3, 0.4) is 0 Å². The van der Waals surface area contributed by atoms with Crippen molar-refractivity contribution < 1.29 is 13.5 Å². The average Bonchev–Trinajstić information content (AvgIpc) is 2.87. The predicted molar refractivity (Wildman–Crippen MR) is 72.6 cm³/mol. The summed E-state index contributed by atoms with van der Waals surface area (Å²) in [5.74, 6) is -0.473. The molecule has 0 aromatic heterocycles. The van der Waals surface area contributed by atoms with Crippen molar-refractivity contribution in [2.45, 2.75) is 25.5 Å². The van der Waals surface area contributed by atoms with E-state index in [1.807, 2.05) is 24.3 Å². The number of hydrogen-bond donors (Lipinski definition) is 1. The molecule has 0 aliphatic carbocycles. The lowest BCUT2D eigenvalue weighted by Crippen LogP contribution is -2.31. The number of benzene rings is 2. The van der Waals surface area contributed by atoms with Crippen molar-refractivity contribution in [1.29, 1.82) is 0 Å². The third-order valence-corrected chi connectivity index (χ3v) is 3.73. The summed E-state index contributed by atoms with van der Waals surface area (Å²) in [6.45, 7) is 1.59. The zero-order valence-corrected chi connectivity index (χ0v) is 11.1. The molecule has 1 heterocycles. The molecule has 104 valence electrons. The molecule has 2 aromatic carbocycles. The first kappa shape index (κ1) is 13.1. The molecule has 4 heteroatoms. The van der Waals surface area contributed by atoms with Crippen LogP contribution < -0.4 is 10.5 Å². The van der Waals surface area contributed by atoms with Crippen molar-refractivity contribution in [1.82, 2.24) is 0 Å². The first-order chi connectivity index (χ1) is 9.58. The van der Waals surface area contributed by atoms with Gasteiger partial charge in [0.1, 0.15) is 23.5 Å². The monoisotopic (exact) mass is 275 g/mol. The number of aryl methyl sites for hydroxylation is 1. The Bertz CT molecular complexity index is 632. The van der Waals surface area contributed by atoms with E-state index in [1.54, 1.807) is 6.92 Å². The van der Waals surface area contributed by atoms with Gasteiger partial charge in [0.2, 0.25) is 0 Å². The second kappa shape index (κ2) is 4.87. The first-order valence-electron chi connectivity index (χ1n) is 6.52. The van der Waals surface area contributed by atoms with Crippen LogP contribution in [-0.2, 0) is 6.42 Å². The van der Waals surface area contributed by atoms with E-state index >= 15 is 0 Å². The topological polar surface area (TPSA) is 35.2 Å².